The molecular weight excluding hydrogens is 266 g/mol. The van der Waals surface area contributed by atoms with Gasteiger partial charge in [0.25, 0.3) is 0 Å². The van der Waals surface area contributed by atoms with Crippen molar-refractivity contribution in [3.05, 3.63) is 23.8 Å². The van der Waals surface area contributed by atoms with Crippen molar-refractivity contribution in [3.8, 4) is 11.5 Å². The number of ether oxygens (including phenoxy) is 3. The van der Waals surface area contributed by atoms with Crippen LogP contribution in [0, 0.1) is 0 Å². The van der Waals surface area contributed by atoms with Crippen molar-refractivity contribution in [1.29, 1.82) is 0 Å². The number of benzene rings is 1. The third kappa shape index (κ3) is 3.54. The summed E-state index contributed by atoms with van der Waals surface area (Å²) < 4.78 is 15.6. The summed E-state index contributed by atoms with van der Waals surface area (Å²) >= 11 is 1.84. The lowest BCUT2D eigenvalue weighted by atomic mass is 10.2. The average molecular weight is 283 g/mol. The predicted molar refractivity (Wildman–Crippen MR) is 74.1 cm³/mol. The van der Waals surface area contributed by atoms with Gasteiger partial charge < -0.3 is 19.5 Å². The predicted octanol–water partition coefficient (Wildman–Crippen LogP) is 1.52. The first-order valence-corrected chi connectivity index (χ1v) is 7.03. The van der Waals surface area contributed by atoms with Crippen LogP contribution in [0.15, 0.2) is 18.2 Å². The Morgan fingerprint density at radius 2 is 2.26 bits per heavy atom. The molecular formula is C13H17NO4S. The van der Waals surface area contributed by atoms with Crippen LogP contribution in [-0.4, -0.2) is 44.5 Å². The van der Waals surface area contributed by atoms with E-state index in [0.717, 1.165) is 12.3 Å². The van der Waals surface area contributed by atoms with Crippen molar-refractivity contribution in [2.45, 2.75) is 5.37 Å². The summed E-state index contributed by atoms with van der Waals surface area (Å²) in [5, 5.41) is 3.64. The number of hydrogen-bond acceptors (Lipinski definition) is 6. The minimum atomic E-state index is -0.391. The van der Waals surface area contributed by atoms with Crippen LogP contribution < -0.4 is 14.8 Å². The monoisotopic (exact) mass is 283 g/mol. The molecule has 0 radical (unpaired) electrons. The molecule has 1 aromatic rings. The zero-order chi connectivity index (χ0) is 13.7. The second-order valence-corrected chi connectivity index (χ2v) is 5.29. The van der Waals surface area contributed by atoms with Gasteiger partial charge in [-0.3, -0.25) is 0 Å². The first kappa shape index (κ1) is 14.0. The Hall–Kier alpha value is -1.40. The lowest BCUT2D eigenvalue weighted by Crippen LogP contribution is -2.26. The number of methoxy groups -OCH3 is 2. The maximum absolute atomic E-state index is 11.4. The zero-order valence-electron chi connectivity index (χ0n) is 11.0. The van der Waals surface area contributed by atoms with E-state index in [1.54, 1.807) is 25.3 Å². The molecule has 6 heteroatoms. The highest BCUT2D eigenvalue weighted by molar-refractivity contribution is 8.00. The Kier molecular flexibility index (Phi) is 4.93. The molecule has 1 saturated heterocycles. The van der Waals surface area contributed by atoms with Crippen LogP contribution in [0.3, 0.4) is 0 Å². The van der Waals surface area contributed by atoms with Gasteiger partial charge in [-0.1, -0.05) is 0 Å². The van der Waals surface area contributed by atoms with E-state index in [2.05, 4.69) is 10.1 Å². The fraction of sp³-hybridized carbons (Fsp3) is 0.462. The number of nitrogens with one attached hydrogen (secondary N) is 1. The SMILES string of the molecule is COC(=O)c1ccc(OCC2NCCS2)c(OC)c1. The van der Waals surface area contributed by atoms with Crippen LogP contribution in [0.5, 0.6) is 11.5 Å². The van der Waals surface area contributed by atoms with E-state index in [1.165, 1.54) is 7.11 Å². The van der Waals surface area contributed by atoms with Crippen molar-refractivity contribution in [1.82, 2.24) is 5.32 Å². The Labute approximate surface area is 116 Å². The lowest BCUT2D eigenvalue weighted by Gasteiger charge is -2.14. The Balaban J connectivity index is 2.04. The van der Waals surface area contributed by atoms with Gasteiger partial charge >= 0.3 is 5.97 Å². The van der Waals surface area contributed by atoms with E-state index in [4.69, 9.17) is 9.47 Å². The molecule has 1 aromatic carbocycles. The molecule has 1 atom stereocenters. The highest BCUT2D eigenvalue weighted by atomic mass is 32.2. The summed E-state index contributed by atoms with van der Waals surface area (Å²) in [6, 6.07) is 5.01. The normalized spacial score (nSPS) is 18.1. The number of rotatable bonds is 5. The fourth-order valence-electron chi connectivity index (χ4n) is 1.78. The van der Waals surface area contributed by atoms with Crippen molar-refractivity contribution in [2.24, 2.45) is 0 Å². The van der Waals surface area contributed by atoms with Gasteiger partial charge in [0.15, 0.2) is 11.5 Å². The van der Waals surface area contributed by atoms with Gasteiger partial charge in [-0.15, -0.1) is 11.8 Å². The van der Waals surface area contributed by atoms with Gasteiger partial charge in [0.1, 0.15) is 6.61 Å². The third-order valence-electron chi connectivity index (χ3n) is 2.77. The second-order valence-electron chi connectivity index (χ2n) is 3.98. The molecule has 19 heavy (non-hydrogen) atoms. The molecule has 0 aromatic heterocycles. The van der Waals surface area contributed by atoms with E-state index in [0.29, 0.717) is 29.0 Å². The van der Waals surface area contributed by atoms with Crippen LogP contribution in [0.4, 0.5) is 0 Å². The van der Waals surface area contributed by atoms with Crippen molar-refractivity contribution < 1.29 is 19.0 Å². The van der Waals surface area contributed by atoms with Gasteiger partial charge in [-0.2, -0.15) is 0 Å². The highest BCUT2D eigenvalue weighted by Crippen LogP contribution is 2.29. The lowest BCUT2D eigenvalue weighted by molar-refractivity contribution is 0.0600. The summed E-state index contributed by atoms with van der Waals surface area (Å²) in [7, 11) is 2.90. The fourth-order valence-corrected chi connectivity index (χ4v) is 2.70. The van der Waals surface area contributed by atoms with Crippen LogP contribution in [-0.2, 0) is 4.74 Å². The van der Waals surface area contributed by atoms with E-state index in [9.17, 15) is 4.79 Å². The van der Waals surface area contributed by atoms with Crippen LogP contribution in [0.25, 0.3) is 0 Å². The smallest absolute Gasteiger partial charge is 0.337 e. The maximum Gasteiger partial charge on any atom is 0.337 e. The topological polar surface area (TPSA) is 56.8 Å². The van der Waals surface area contributed by atoms with Gasteiger partial charge in [-0.05, 0) is 18.2 Å². The van der Waals surface area contributed by atoms with Crippen molar-refractivity contribution in [2.75, 3.05) is 33.1 Å². The molecule has 1 heterocycles. The first-order chi connectivity index (χ1) is 9.24. The number of hydrogen-bond donors (Lipinski definition) is 1. The van der Waals surface area contributed by atoms with Gasteiger partial charge in [-0.25, -0.2) is 4.79 Å². The highest BCUT2D eigenvalue weighted by Gasteiger charge is 2.17. The molecule has 0 aliphatic carbocycles. The molecule has 104 valence electrons. The molecule has 0 spiro atoms. The molecule has 1 fully saturated rings. The molecule has 2 rings (SSSR count). The average Bonchev–Trinajstić information content (AvgIpc) is 2.97. The Morgan fingerprint density at radius 3 is 2.89 bits per heavy atom. The molecule has 5 nitrogen and oxygen atoms in total. The van der Waals surface area contributed by atoms with E-state index in [-0.39, 0.29) is 0 Å². The quantitative estimate of drug-likeness (QED) is 0.827. The molecule has 1 aliphatic heterocycles. The minimum Gasteiger partial charge on any atom is -0.493 e. The standard InChI is InChI=1S/C13H17NO4S/c1-16-11-7-9(13(15)17-2)3-4-10(11)18-8-12-14-5-6-19-12/h3-4,7,12,14H,5-6,8H2,1-2H3. The Morgan fingerprint density at radius 1 is 1.42 bits per heavy atom. The summed E-state index contributed by atoms with van der Waals surface area (Å²) in [4.78, 5) is 11.4. The summed E-state index contributed by atoms with van der Waals surface area (Å²) in [5.41, 5.74) is 0.445. The number of esters is 1. The number of carbonyl (C=O) groups excluding carboxylic acids is 1. The summed E-state index contributed by atoms with van der Waals surface area (Å²) in [6.45, 7) is 1.58. The van der Waals surface area contributed by atoms with Crippen molar-refractivity contribution in [3.63, 3.8) is 0 Å². The van der Waals surface area contributed by atoms with E-state index in [1.807, 2.05) is 11.8 Å². The summed E-state index contributed by atoms with van der Waals surface area (Å²) in [5.74, 6) is 1.88. The largest absolute Gasteiger partial charge is 0.493 e. The molecule has 0 saturated carbocycles. The minimum absolute atomic E-state index is 0.310. The van der Waals surface area contributed by atoms with Gasteiger partial charge in [0.2, 0.25) is 0 Å². The van der Waals surface area contributed by atoms with Crippen molar-refractivity contribution >= 4 is 17.7 Å². The van der Waals surface area contributed by atoms with Crippen LogP contribution >= 0.6 is 11.8 Å². The van der Waals surface area contributed by atoms with E-state index < -0.39 is 5.97 Å². The number of carbonyl (C=O) groups is 1. The second kappa shape index (κ2) is 6.68. The Bertz CT molecular complexity index is 446. The van der Waals surface area contributed by atoms with Gasteiger partial charge in [0, 0.05) is 12.3 Å². The molecule has 1 N–H and O–H groups in total. The van der Waals surface area contributed by atoms with Crippen LogP contribution in [0.2, 0.25) is 0 Å². The van der Waals surface area contributed by atoms with Gasteiger partial charge in [0.05, 0.1) is 25.2 Å². The summed E-state index contributed by atoms with van der Waals surface area (Å²) in [6.07, 6.45) is 0. The van der Waals surface area contributed by atoms with E-state index >= 15 is 0 Å². The third-order valence-corrected chi connectivity index (χ3v) is 3.91. The molecule has 1 aliphatic rings. The molecule has 0 bridgehead atoms. The molecule has 1 unspecified atom stereocenters. The van der Waals surface area contributed by atoms with Crippen LogP contribution in [0.1, 0.15) is 10.4 Å². The first-order valence-electron chi connectivity index (χ1n) is 5.98. The molecule has 0 amide bonds. The maximum atomic E-state index is 11.4. The number of thioether (sulfide) groups is 1. The zero-order valence-corrected chi connectivity index (χ0v) is 11.8.